The number of rotatable bonds is 2. The van der Waals surface area contributed by atoms with E-state index in [1.54, 1.807) is 0 Å². The van der Waals surface area contributed by atoms with E-state index in [1.807, 2.05) is 0 Å². The van der Waals surface area contributed by atoms with Gasteiger partial charge in [-0.3, -0.25) is 4.90 Å². The summed E-state index contributed by atoms with van der Waals surface area (Å²) >= 11 is 0. The lowest BCUT2D eigenvalue weighted by molar-refractivity contribution is 0.271. The van der Waals surface area contributed by atoms with E-state index >= 15 is 0 Å². The van der Waals surface area contributed by atoms with E-state index in [2.05, 4.69) is 24.0 Å². The summed E-state index contributed by atoms with van der Waals surface area (Å²) in [6.45, 7) is 5.88. The first-order valence-electron chi connectivity index (χ1n) is 5.27. The first kappa shape index (κ1) is 9.79. The van der Waals surface area contributed by atoms with Gasteiger partial charge >= 0.3 is 0 Å². The zero-order valence-corrected chi connectivity index (χ0v) is 8.26. The fourth-order valence-electron chi connectivity index (χ4n) is 1.75. The Kier molecular flexibility index (Phi) is 5.09. The van der Waals surface area contributed by atoms with E-state index in [-0.39, 0.29) is 0 Å². The van der Waals surface area contributed by atoms with Gasteiger partial charge in [0.2, 0.25) is 0 Å². The summed E-state index contributed by atoms with van der Waals surface area (Å²) in [4.78, 5) is 2.57. The van der Waals surface area contributed by atoms with Gasteiger partial charge in [0.25, 0.3) is 0 Å². The first-order valence-corrected chi connectivity index (χ1v) is 5.27. The smallest absolute Gasteiger partial charge is 0.0163 e. The Morgan fingerprint density at radius 1 is 1.00 bits per heavy atom. The molecule has 0 N–H and O–H groups in total. The van der Waals surface area contributed by atoms with E-state index < -0.39 is 0 Å². The highest BCUT2D eigenvalue weighted by Gasteiger charge is 2.05. The standard InChI is InChI=1S/C11H21N/c1-2-3-9-12-10-7-5-4-6-8-11-12/h2-3H,4-11H2,1H3. The molecule has 0 aliphatic carbocycles. The molecule has 1 rings (SSSR count). The van der Waals surface area contributed by atoms with E-state index in [1.165, 1.54) is 45.2 Å². The third kappa shape index (κ3) is 3.91. The van der Waals surface area contributed by atoms with Gasteiger partial charge in [-0.2, -0.15) is 0 Å². The van der Waals surface area contributed by atoms with Crippen molar-refractivity contribution in [3.8, 4) is 0 Å². The number of likely N-dealkylation sites (tertiary alicyclic amines) is 1. The predicted octanol–water partition coefficient (Wildman–Crippen LogP) is 2.83. The molecule has 1 aliphatic rings. The normalized spacial score (nSPS) is 22.4. The number of hydrogen-bond donors (Lipinski definition) is 0. The Balaban J connectivity index is 2.20. The van der Waals surface area contributed by atoms with Gasteiger partial charge in [-0.1, -0.05) is 31.4 Å². The molecule has 0 radical (unpaired) electrons. The van der Waals surface area contributed by atoms with Crippen LogP contribution in [0.3, 0.4) is 0 Å². The third-order valence-electron chi connectivity index (χ3n) is 2.55. The molecule has 1 heterocycles. The highest BCUT2D eigenvalue weighted by atomic mass is 15.1. The second kappa shape index (κ2) is 6.24. The van der Waals surface area contributed by atoms with Crippen molar-refractivity contribution in [2.75, 3.05) is 19.6 Å². The molecule has 12 heavy (non-hydrogen) atoms. The molecule has 1 heteroatoms. The highest BCUT2D eigenvalue weighted by Crippen LogP contribution is 2.09. The lowest BCUT2D eigenvalue weighted by Gasteiger charge is -2.22. The average molecular weight is 167 g/mol. The number of hydrogen-bond acceptors (Lipinski definition) is 1. The molecule has 1 fully saturated rings. The number of allylic oxidation sites excluding steroid dienone is 1. The maximum Gasteiger partial charge on any atom is 0.0163 e. The second-order valence-corrected chi connectivity index (χ2v) is 3.64. The van der Waals surface area contributed by atoms with Crippen molar-refractivity contribution in [3.63, 3.8) is 0 Å². The Morgan fingerprint density at radius 3 is 2.17 bits per heavy atom. The predicted molar refractivity (Wildman–Crippen MR) is 54.3 cm³/mol. The second-order valence-electron chi connectivity index (χ2n) is 3.64. The first-order chi connectivity index (χ1) is 5.93. The van der Waals surface area contributed by atoms with Gasteiger partial charge in [-0.15, -0.1) is 0 Å². The molecular formula is C11H21N. The maximum atomic E-state index is 2.57. The van der Waals surface area contributed by atoms with Crippen LogP contribution in [0.4, 0.5) is 0 Å². The SMILES string of the molecule is CC=CCN1CCCCCCC1. The van der Waals surface area contributed by atoms with Crippen LogP contribution in [0.25, 0.3) is 0 Å². The Hall–Kier alpha value is -0.300. The lowest BCUT2D eigenvalue weighted by Crippen LogP contribution is -2.27. The molecule has 0 bridgehead atoms. The van der Waals surface area contributed by atoms with E-state index in [0.29, 0.717) is 0 Å². The Labute approximate surface area is 76.5 Å². The van der Waals surface area contributed by atoms with Crippen LogP contribution in [-0.4, -0.2) is 24.5 Å². The van der Waals surface area contributed by atoms with Crippen molar-refractivity contribution >= 4 is 0 Å². The monoisotopic (exact) mass is 167 g/mol. The Bertz CT molecular complexity index is 121. The van der Waals surface area contributed by atoms with Crippen LogP contribution in [-0.2, 0) is 0 Å². The van der Waals surface area contributed by atoms with Crippen LogP contribution < -0.4 is 0 Å². The largest absolute Gasteiger partial charge is 0.300 e. The van der Waals surface area contributed by atoms with Crippen LogP contribution >= 0.6 is 0 Å². The van der Waals surface area contributed by atoms with Gasteiger partial charge in [0, 0.05) is 6.54 Å². The van der Waals surface area contributed by atoms with Crippen LogP contribution in [0.5, 0.6) is 0 Å². The van der Waals surface area contributed by atoms with E-state index in [0.717, 1.165) is 6.54 Å². The van der Waals surface area contributed by atoms with Crippen molar-refractivity contribution in [3.05, 3.63) is 12.2 Å². The highest BCUT2D eigenvalue weighted by molar-refractivity contribution is 4.81. The molecule has 1 nitrogen and oxygen atoms in total. The van der Waals surface area contributed by atoms with Crippen LogP contribution in [0.1, 0.15) is 39.0 Å². The minimum Gasteiger partial charge on any atom is -0.300 e. The summed E-state index contributed by atoms with van der Waals surface area (Å²) in [7, 11) is 0. The van der Waals surface area contributed by atoms with Crippen molar-refractivity contribution in [1.82, 2.24) is 4.90 Å². The summed E-state index contributed by atoms with van der Waals surface area (Å²) in [6, 6.07) is 0. The van der Waals surface area contributed by atoms with E-state index in [9.17, 15) is 0 Å². The minimum atomic E-state index is 1.16. The molecule has 0 aromatic carbocycles. The topological polar surface area (TPSA) is 3.24 Å². The molecule has 0 spiro atoms. The fourth-order valence-corrected chi connectivity index (χ4v) is 1.75. The fraction of sp³-hybridized carbons (Fsp3) is 0.818. The van der Waals surface area contributed by atoms with Crippen LogP contribution in [0, 0.1) is 0 Å². The quantitative estimate of drug-likeness (QED) is 0.572. The molecule has 1 saturated heterocycles. The molecule has 0 atom stereocenters. The molecule has 0 saturated carbocycles. The van der Waals surface area contributed by atoms with Crippen molar-refractivity contribution in [2.24, 2.45) is 0 Å². The molecule has 0 unspecified atom stereocenters. The van der Waals surface area contributed by atoms with E-state index in [4.69, 9.17) is 0 Å². The zero-order valence-electron chi connectivity index (χ0n) is 8.26. The maximum absolute atomic E-state index is 2.57. The average Bonchev–Trinajstić information content (AvgIpc) is 2.02. The summed E-state index contributed by atoms with van der Waals surface area (Å²) in [6.07, 6.45) is 11.5. The molecule has 1 aliphatic heterocycles. The van der Waals surface area contributed by atoms with Gasteiger partial charge in [-0.05, 0) is 32.9 Å². The van der Waals surface area contributed by atoms with Crippen LogP contribution in [0.15, 0.2) is 12.2 Å². The number of nitrogens with zero attached hydrogens (tertiary/aromatic N) is 1. The Morgan fingerprint density at radius 2 is 1.58 bits per heavy atom. The molecule has 0 amide bonds. The molecule has 0 aromatic heterocycles. The summed E-state index contributed by atoms with van der Waals surface area (Å²) in [5, 5.41) is 0. The van der Waals surface area contributed by atoms with Crippen molar-refractivity contribution < 1.29 is 0 Å². The van der Waals surface area contributed by atoms with Crippen molar-refractivity contribution in [1.29, 1.82) is 0 Å². The molecule has 0 aromatic rings. The summed E-state index contributed by atoms with van der Waals surface area (Å²) in [5.41, 5.74) is 0. The third-order valence-corrected chi connectivity index (χ3v) is 2.55. The minimum absolute atomic E-state index is 1.16. The van der Waals surface area contributed by atoms with Crippen molar-refractivity contribution in [2.45, 2.75) is 39.0 Å². The summed E-state index contributed by atoms with van der Waals surface area (Å²) in [5.74, 6) is 0. The summed E-state index contributed by atoms with van der Waals surface area (Å²) < 4.78 is 0. The molecule has 70 valence electrons. The van der Waals surface area contributed by atoms with Gasteiger partial charge < -0.3 is 0 Å². The van der Waals surface area contributed by atoms with Crippen LogP contribution in [0.2, 0.25) is 0 Å². The van der Waals surface area contributed by atoms with Gasteiger partial charge in [-0.25, -0.2) is 0 Å². The van der Waals surface area contributed by atoms with Gasteiger partial charge in [0.1, 0.15) is 0 Å². The van der Waals surface area contributed by atoms with Gasteiger partial charge in [0.15, 0.2) is 0 Å². The lowest BCUT2D eigenvalue weighted by atomic mass is 10.1. The van der Waals surface area contributed by atoms with Gasteiger partial charge in [0.05, 0.1) is 0 Å². The zero-order chi connectivity index (χ0) is 8.65. The molecular weight excluding hydrogens is 146 g/mol.